The number of carboxylic acid groups (broad SMARTS) is 1. The maximum atomic E-state index is 10.9. The monoisotopic (exact) mass is 225 g/mol. The van der Waals surface area contributed by atoms with E-state index in [1.165, 1.54) is 4.90 Å². The van der Waals surface area contributed by atoms with Crippen molar-refractivity contribution in [3.05, 3.63) is 5.57 Å². The second-order valence-electron chi connectivity index (χ2n) is 4.52. The van der Waals surface area contributed by atoms with Crippen LogP contribution in [-0.2, 0) is 9.53 Å². The molecule has 0 bridgehead atoms. The van der Waals surface area contributed by atoms with Crippen molar-refractivity contribution in [2.24, 2.45) is 5.41 Å². The fourth-order valence-corrected chi connectivity index (χ4v) is 2.61. The van der Waals surface area contributed by atoms with Gasteiger partial charge in [-0.2, -0.15) is 0 Å². The van der Waals surface area contributed by atoms with E-state index in [4.69, 9.17) is 9.84 Å². The zero-order chi connectivity index (χ0) is 11.8. The van der Waals surface area contributed by atoms with Crippen LogP contribution in [0.3, 0.4) is 0 Å². The highest BCUT2D eigenvalue weighted by atomic mass is 16.5. The number of carbonyl (C=O) groups is 1. The summed E-state index contributed by atoms with van der Waals surface area (Å²) in [5.41, 5.74) is 0.421. The molecule has 2 heterocycles. The minimum atomic E-state index is -0.890. The van der Waals surface area contributed by atoms with Crippen LogP contribution >= 0.6 is 0 Å². The molecule has 0 aromatic carbocycles. The van der Waals surface area contributed by atoms with Crippen LogP contribution < -0.4 is 0 Å². The third kappa shape index (κ3) is 1.62. The number of rotatable bonds is 0. The summed E-state index contributed by atoms with van der Waals surface area (Å²) in [6, 6.07) is 0. The summed E-state index contributed by atoms with van der Waals surface area (Å²) in [6.07, 6.45) is 0.259. The molecule has 5 heteroatoms. The van der Waals surface area contributed by atoms with Gasteiger partial charge >= 0.3 is 6.09 Å². The van der Waals surface area contributed by atoms with Crippen molar-refractivity contribution in [1.82, 2.24) is 4.90 Å². The molecule has 5 nitrogen and oxygen atoms in total. The maximum Gasteiger partial charge on any atom is 0.407 e. The number of likely N-dealkylation sites (tertiary alicyclic amines) is 1. The van der Waals surface area contributed by atoms with Crippen LogP contribution in [0, 0.1) is 5.41 Å². The molecule has 2 aliphatic heterocycles. The Hall–Kier alpha value is -1.32. The Morgan fingerprint density at radius 1 is 1.56 bits per heavy atom. The van der Waals surface area contributed by atoms with Gasteiger partial charge in [0.1, 0.15) is 5.94 Å². The van der Waals surface area contributed by atoms with Gasteiger partial charge in [0.05, 0.1) is 18.3 Å². The van der Waals surface area contributed by atoms with Gasteiger partial charge in [-0.3, -0.25) is 0 Å². The Balaban J connectivity index is 2.13. The lowest BCUT2D eigenvalue weighted by molar-refractivity contribution is 0.0682. The Bertz CT molecular complexity index is 351. The molecule has 0 radical (unpaired) electrons. The Morgan fingerprint density at radius 3 is 2.69 bits per heavy atom. The van der Waals surface area contributed by atoms with E-state index in [9.17, 15) is 9.59 Å². The molecule has 0 saturated carbocycles. The molecule has 0 aromatic rings. The Labute approximate surface area is 93.7 Å². The minimum absolute atomic E-state index is 0.172. The first kappa shape index (κ1) is 11.2. The molecule has 16 heavy (non-hydrogen) atoms. The van der Waals surface area contributed by atoms with E-state index in [1.54, 1.807) is 0 Å². The number of amides is 1. The number of hydrogen-bond donors (Lipinski definition) is 1. The van der Waals surface area contributed by atoms with Gasteiger partial charge in [0, 0.05) is 18.5 Å². The van der Waals surface area contributed by atoms with Crippen molar-refractivity contribution < 1.29 is 19.4 Å². The van der Waals surface area contributed by atoms with Crippen molar-refractivity contribution in [2.45, 2.75) is 25.9 Å². The molecule has 2 aliphatic rings. The SMILES string of the molecule is C[C@@H]1OCC2(CCN(C(=O)O)CC2)C1=C=O. The molecule has 0 unspecified atom stereocenters. The van der Waals surface area contributed by atoms with E-state index in [-0.39, 0.29) is 11.5 Å². The molecule has 1 amide bonds. The third-order valence-electron chi connectivity index (χ3n) is 3.69. The molecular formula is C11H15NO4. The van der Waals surface area contributed by atoms with E-state index in [0.29, 0.717) is 38.1 Å². The van der Waals surface area contributed by atoms with Crippen LogP contribution in [-0.4, -0.2) is 47.8 Å². The van der Waals surface area contributed by atoms with Crippen LogP contribution in [0.1, 0.15) is 19.8 Å². The topological polar surface area (TPSA) is 66.8 Å². The molecule has 1 N–H and O–H groups in total. The summed E-state index contributed by atoms with van der Waals surface area (Å²) in [4.78, 5) is 23.1. The third-order valence-corrected chi connectivity index (χ3v) is 3.69. The molecule has 1 spiro atoms. The zero-order valence-corrected chi connectivity index (χ0v) is 9.23. The van der Waals surface area contributed by atoms with Gasteiger partial charge in [-0.25, -0.2) is 9.59 Å². The summed E-state index contributed by atoms with van der Waals surface area (Å²) in [5.74, 6) is 1.99. The number of nitrogens with zero attached hydrogens (tertiary/aromatic N) is 1. The lowest BCUT2D eigenvalue weighted by atomic mass is 9.74. The average Bonchev–Trinajstić information content (AvgIpc) is 2.56. The average molecular weight is 225 g/mol. The van der Waals surface area contributed by atoms with E-state index >= 15 is 0 Å². The predicted molar refractivity (Wildman–Crippen MR) is 55.9 cm³/mol. The van der Waals surface area contributed by atoms with Crippen LogP contribution in [0.2, 0.25) is 0 Å². The highest BCUT2D eigenvalue weighted by Gasteiger charge is 2.46. The Kier molecular flexibility index (Phi) is 2.74. The number of ether oxygens (including phenoxy) is 1. The summed E-state index contributed by atoms with van der Waals surface area (Å²) >= 11 is 0. The standard InChI is InChI=1S/C11H15NO4/c1-8-9(6-13)11(7-16-8)2-4-12(5-3-11)10(14)15/h8H,2-5,7H2,1H3,(H,14,15)/t8-/m0/s1. The largest absolute Gasteiger partial charge is 0.465 e. The maximum absolute atomic E-state index is 10.9. The van der Waals surface area contributed by atoms with E-state index in [0.717, 1.165) is 0 Å². The van der Waals surface area contributed by atoms with Gasteiger partial charge in [0.25, 0.3) is 0 Å². The molecule has 1 atom stereocenters. The van der Waals surface area contributed by atoms with Crippen LogP contribution in [0.4, 0.5) is 4.79 Å². The highest BCUT2D eigenvalue weighted by molar-refractivity contribution is 5.65. The summed E-state index contributed by atoms with van der Waals surface area (Å²) in [5, 5.41) is 8.86. The molecule has 2 fully saturated rings. The molecule has 0 aromatic heterocycles. The first-order valence-electron chi connectivity index (χ1n) is 5.44. The second kappa shape index (κ2) is 3.92. The lowest BCUT2D eigenvalue weighted by Gasteiger charge is -2.37. The molecule has 88 valence electrons. The van der Waals surface area contributed by atoms with Crippen molar-refractivity contribution in [2.75, 3.05) is 19.7 Å². The van der Waals surface area contributed by atoms with Gasteiger partial charge in [-0.1, -0.05) is 0 Å². The zero-order valence-electron chi connectivity index (χ0n) is 9.23. The lowest BCUT2D eigenvalue weighted by Crippen LogP contribution is -2.43. The van der Waals surface area contributed by atoms with Crippen molar-refractivity contribution in [3.8, 4) is 0 Å². The number of hydrogen-bond acceptors (Lipinski definition) is 3. The fourth-order valence-electron chi connectivity index (χ4n) is 2.61. The summed E-state index contributed by atoms with van der Waals surface area (Å²) < 4.78 is 5.48. The van der Waals surface area contributed by atoms with Gasteiger partial charge in [-0.15, -0.1) is 0 Å². The quantitative estimate of drug-likeness (QED) is 0.622. The highest BCUT2D eigenvalue weighted by Crippen LogP contribution is 2.44. The van der Waals surface area contributed by atoms with Crippen molar-refractivity contribution in [1.29, 1.82) is 0 Å². The molecule has 2 saturated heterocycles. The van der Waals surface area contributed by atoms with Gasteiger partial charge < -0.3 is 14.7 Å². The summed E-state index contributed by atoms with van der Waals surface area (Å²) in [7, 11) is 0. The van der Waals surface area contributed by atoms with Crippen LogP contribution in [0.15, 0.2) is 5.57 Å². The van der Waals surface area contributed by atoms with Crippen molar-refractivity contribution >= 4 is 12.0 Å². The number of carbonyl (C=O) groups excluding carboxylic acids is 1. The molecular weight excluding hydrogens is 210 g/mol. The van der Waals surface area contributed by atoms with E-state index < -0.39 is 6.09 Å². The van der Waals surface area contributed by atoms with Crippen molar-refractivity contribution in [3.63, 3.8) is 0 Å². The smallest absolute Gasteiger partial charge is 0.407 e. The van der Waals surface area contributed by atoms with E-state index in [1.807, 2.05) is 12.9 Å². The van der Waals surface area contributed by atoms with Gasteiger partial charge in [0.2, 0.25) is 0 Å². The van der Waals surface area contributed by atoms with E-state index in [2.05, 4.69) is 0 Å². The minimum Gasteiger partial charge on any atom is -0.465 e. The fraction of sp³-hybridized carbons (Fsp3) is 0.727. The van der Waals surface area contributed by atoms with Gasteiger partial charge in [-0.05, 0) is 19.8 Å². The second-order valence-corrected chi connectivity index (χ2v) is 4.52. The first-order chi connectivity index (χ1) is 7.59. The predicted octanol–water partition coefficient (Wildman–Crippen LogP) is 0.923. The van der Waals surface area contributed by atoms with Crippen LogP contribution in [0.5, 0.6) is 0 Å². The molecule has 2 rings (SSSR count). The number of piperidine rings is 1. The Morgan fingerprint density at radius 2 is 2.19 bits per heavy atom. The van der Waals surface area contributed by atoms with Gasteiger partial charge in [0.15, 0.2) is 0 Å². The normalized spacial score (nSPS) is 28.2. The summed E-state index contributed by atoms with van der Waals surface area (Å²) in [6.45, 7) is 3.30. The first-order valence-corrected chi connectivity index (χ1v) is 5.44. The van der Waals surface area contributed by atoms with Crippen LogP contribution in [0.25, 0.3) is 0 Å². The molecule has 0 aliphatic carbocycles.